The van der Waals surface area contributed by atoms with Gasteiger partial charge in [-0.3, -0.25) is 0 Å². The number of hydrogen-bond donors (Lipinski definition) is 1. The van der Waals surface area contributed by atoms with Gasteiger partial charge in [-0.1, -0.05) is 17.9 Å². The average molecular weight is 185 g/mol. The van der Waals surface area contributed by atoms with Crippen molar-refractivity contribution in [3.05, 3.63) is 0 Å². The molecule has 4 nitrogen and oxygen atoms in total. The molecule has 2 N–H and O–H groups in total. The number of ether oxygens (including phenoxy) is 1. The summed E-state index contributed by atoms with van der Waals surface area (Å²) < 4.78 is 5.34. The van der Waals surface area contributed by atoms with Crippen molar-refractivity contribution < 1.29 is 4.74 Å². The smallest absolute Gasteiger partial charge is 0.295 e. The fourth-order valence-electron chi connectivity index (χ4n) is 0.998. The summed E-state index contributed by atoms with van der Waals surface area (Å²) in [5.41, 5.74) is 5.39. The van der Waals surface area contributed by atoms with Gasteiger partial charge in [-0.25, -0.2) is 0 Å². The molecule has 0 bridgehead atoms. The molecule has 1 aliphatic carbocycles. The summed E-state index contributed by atoms with van der Waals surface area (Å²) in [4.78, 5) is 0. The quantitative estimate of drug-likeness (QED) is 0.768. The van der Waals surface area contributed by atoms with Gasteiger partial charge in [0.2, 0.25) is 5.13 Å². The molecule has 1 heterocycles. The minimum absolute atomic E-state index is 0.469. The second-order valence-electron chi connectivity index (χ2n) is 2.99. The molecule has 1 saturated carbocycles. The lowest BCUT2D eigenvalue weighted by molar-refractivity contribution is 0.298. The van der Waals surface area contributed by atoms with Crippen molar-refractivity contribution in [2.45, 2.75) is 19.3 Å². The lowest BCUT2D eigenvalue weighted by Gasteiger charge is -1.98. The first kappa shape index (κ1) is 7.79. The second-order valence-corrected chi connectivity index (χ2v) is 3.96. The molecule has 66 valence electrons. The predicted molar refractivity (Wildman–Crippen MR) is 47.2 cm³/mol. The van der Waals surface area contributed by atoms with E-state index in [0.717, 1.165) is 18.9 Å². The maximum Gasteiger partial charge on any atom is 0.295 e. The van der Waals surface area contributed by atoms with E-state index >= 15 is 0 Å². The number of nitrogen functional groups attached to an aromatic ring is 1. The molecule has 0 aliphatic heterocycles. The van der Waals surface area contributed by atoms with Crippen LogP contribution in [0.2, 0.25) is 0 Å². The molecule has 1 aromatic rings. The number of nitrogens with two attached hydrogens (primary N) is 1. The average Bonchev–Trinajstić information content (AvgIpc) is 2.76. The molecule has 1 aromatic heterocycles. The van der Waals surface area contributed by atoms with Crippen molar-refractivity contribution in [2.24, 2.45) is 5.92 Å². The van der Waals surface area contributed by atoms with E-state index in [-0.39, 0.29) is 0 Å². The van der Waals surface area contributed by atoms with E-state index in [9.17, 15) is 0 Å². The van der Waals surface area contributed by atoms with Gasteiger partial charge in [0.05, 0.1) is 6.61 Å². The highest BCUT2D eigenvalue weighted by atomic mass is 32.1. The fraction of sp³-hybridized carbons (Fsp3) is 0.714. The standard InChI is InChI=1S/C7H11N3OS/c8-6-9-10-7(12-6)11-4-3-5-1-2-5/h5H,1-4H2,(H2,8,9). The minimum atomic E-state index is 0.469. The van der Waals surface area contributed by atoms with Crippen LogP contribution < -0.4 is 10.5 Å². The normalized spacial score (nSPS) is 16.3. The molecular weight excluding hydrogens is 174 g/mol. The van der Waals surface area contributed by atoms with E-state index in [1.165, 1.54) is 24.2 Å². The van der Waals surface area contributed by atoms with Crippen LogP contribution >= 0.6 is 11.3 Å². The highest BCUT2D eigenvalue weighted by molar-refractivity contribution is 7.16. The van der Waals surface area contributed by atoms with Gasteiger partial charge in [0.1, 0.15) is 0 Å². The zero-order valence-electron chi connectivity index (χ0n) is 6.69. The summed E-state index contributed by atoms with van der Waals surface area (Å²) in [5, 5.41) is 8.47. The first-order valence-electron chi connectivity index (χ1n) is 4.06. The number of hydrogen-bond acceptors (Lipinski definition) is 5. The Kier molecular flexibility index (Phi) is 2.12. The Balaban J connectivity index is 1.71. The van der Waals surface area contributed by atoms with Crippen LogP contribution in [0.25, 0.3) is 0 Å². The Bertz CT molecular complexity index is 259. The first-order valence-corrected chi connectivity index (χ1v) is 4.88. The molecule has 0 spiro atoms. The van der Waals surface area contributed by atoms with E-state index in [1.807, 2.05) is 0 Å². The van der Waals surface area contributed by atoms with Crippen molar-refractivity contribution in [2.75, 3.05) is 12.3 Å². The van der Waals surface area contributed by atoms with Gasteiger partial charge >= 0.3 is 0 Å². The van der Waals surface area contributed by atoms with Crippen molar-refractivity contribution in [1.82, 2.24) is 10.2 Å². The first-order chi connectivity index (χ1) is 5.84. The number of rotatable bonds is 4. The summed E-state index contributed by atoms with van der Waals surface area (Å²) in [5.74, 6) is 0.898. The molecular formula is C7H11N3OS. The molecule has 0 saturated heterocycles. The summed E-state index contributed by atoms with van der Waals surface area (Å²) in [6, 6.07) is 0. The third-order valence-electron chi connectivity index (χ3n) is 1.87. The van der Waals surface area contributed by atoms with Gasteiger partial charge in [0.15, 0.2) is 0 Å². The lowest BCUT2D eigenvalue weighted by atomic mass is 10.3. The second kappa shape index (κ2) is 3.26. The largest absolute Gasteiger partial charge is 0.469 e. The summed E-state index contributed by atoms with van der Waals surface area (Å²) in [7, 11) is 0. The van der Waals surface area contributed by atoms with Gasteiger partial charge in [-0.05, 0) is 23.7 Å². The molecule has 0 radical (unpaired) electrons. The molecule has 1 aliphatic rings. The third kappa shape index (κ3) is 2.07. The van der Waals surface area contributed by atoms with E-state index in [1.54, 1.807) is 0 Å². The molecule has 2 rings (SSSR count). The van der Waals surface area contributed by atoms with E-state index in [4.69, 9.17) is 10.5 Å². The SMILES string of the molecule is Nc1nnc(OCCC2CC2)s1. The Morgan fingerprint density at radius 3 is 2.92 bits per heavy atom. The van der Waals surface area contributed by atoms with Crippen LogP contribution in [0.5, 0.6) is 5.19 Å². The van der Waals surface area contributed by atoms with Crippen LogP contribution in [-0.4, -0.2) is 16.8 Å². The summed E-state index contributed by atoms with van der Waals surface area (Å²) >= 11 is 1.29. The molecule has 0 aromatic carbocycles. The van der Waals surface area contributed by atoms with E-state index < -0.39 is 0 Å². The molecule has 12 heavy (non-hydrogen) atoms. The summed E-state index contributed by atoms with van der Waals surface area (Å²) in [6.45, 7) is 0.749. The van der Waals surface area contributed by atoms with Gasteiger partial charge < -0.3 is 10.5 Å². The zero-order valence-corrected chi connectivity index (χ0v) is 7.51. The van der Waals surface area contributed by atoms with E-state index in [0.29, 0.717) is 10.3 Å². The summed E-state index contributed by atoms with van der Waals surface area (Å²) in [6.07, 6.45) is 3.86. The zero-order chi connectivity index (χ0) is 8.39. The number of nitrogens with zero attached hydrogens (tertiary/aromatic N) is 2. The van der Waals surface area contributed by atoms with E-state index in [2.05, 4.69) is 10.2 Å². The van der Waals surface area contributed by atoms with Gasteiger partial charge in [-0.2, -0.15) is 0 Å². The highest BCUT2D eigenvalue weighted by Gasteiger charge is 2.20. The topological polar surface area (TPSA) is 61.0 Å². The van der Waals surface area contributed by atoms with Gasteiger partial charge in [0.25, 0.3) is 5.19 Å². The van der Waals surface area contributed by atoms with Crippen LogP contribution in [0.3, 0.4) is 0 Å². The molecule has 1 fully saturated rings. The van der Waals surface area contributed by atoms with Crippen LogP contribution in [0.15, 0.2) is 0 Å². The highest BCUT2D eigenvalue weighted by Crippen LogP contribution is 2.32. The lowest BCUT2D eigenvalue weighted by Crippen LogP contribution is -1.97. The van der Waals surface area contributed by atoms with Crippen LogP contribution in [-0.2, 0) is 0 Å². The van der Waals surface area contributed by atoms with Gasteiger partial charge in [0, 0.05) is 0 Å². The Morgan fingerprint density at radius 1 is 1.50 bits per heavy atom. The minimum Gasteiger partial charge on any atom is -0.469 e. The monoisotopic (exact) mass is 185 g/mol. The van der Waals surface area contributed by atoms with Crippen LogP contribution in [0, 0.1) is 5.92 Å². The van der Waals surface area contributed by atoms with Crippen molar-refractivity contribution in [1.29, 1.82) is 0 Å². The van der Waals surface area contributed by atoms with Crippen molar-refractivity contribution in [3.8, 4) is 5.19 Å². The molecule has 0 unspecified atom stereocenters. The molecule has 5 heteroatoms. The third-order valence-corrected chi connectivity index (χ3v) is 2.54. The number of aromatic nitrogens is 2. The maximum atomic E-state index is 5.39. The van der Waals surface area contributed by atoms with Crippen LogP contribution in [0.1, 0.15) is 19.3 Å². The van der Waals surface area contributed by atoms with Crippen molar-refractivity contribution >= 4 is 16.5 Å². The van der Waals surface area contributed by atoms with Gasteiger partial charge in [-0.15, -0.1) is 5.10 Å². The molecule has 0 amide bonds. The van der Waals surface area contributed by atoms with Crippen molar-refractivity contribution in [3.63, 3.8) is 0 Å². The molecule has 0 atom stereocenters. The Hall–Kier alpha value is -0.840. The number of anilines is 1. The fourth-order valence-corrected chi connectivity index (χ4v) is 1.48. The Labute approximate surface area is 74.8 Å². The van der Waals surface area contributed by atoms with Crippen LogP contribution in [0.4, 0.5) is 5.13 Å². The Morgan fingerprint density at radius 2 is 2.33 bits per heavy atom. The maximum absolute atomic E-state index is 5.39. The predicted octanol–water partition coefficient (Wildman–Crippen LogP) is 1.30.